The van der Waals surface area contributed by atoms with Gasteiger partial charge in [-0.2, -0.15) is 11.8 Å². The van der Waals surface area contributed by atoms with E-state index in [0.29, 0.717) is 12.5 Å². The molecule has 2 nitrogen and oxygen atoms in total. The van der Waals surface area contributed by atoms with Crippen molar-refractivity contribution in [3.63, 3.8) is 0 Å². The van der Waals surface area contributed by atoms with Crippen LogP contribution in [0.4, 0.5) is 5.69 Å². The maximum absolute atomic E-state index is 5.91. The third kappa shape index (κ3) is 5.09. The lowest BCUT2D eigenvalue weighted by Crippen LogP contribution is -2.03. The SMILES string of the molecule is CCOc1ccc(NCCCSC)cc1CCl. The predicted octanol–water partition coefficient (Wildman–Crippen LogP) is 3.99. The highest BCUT2D eigenvalue weighted by Crippen LogP contribution is 2.24. The van der Waals surface area contributed by atoms with E-state index in [-0.39, 0.29) is 0 Å². The molecule has 0 radical (unpaired) electrons. The lowest BCUT2D eigenvalue weighted by molar-refractivity contribution is 0.337. The van der Waals surface area contributed by atoms with Crippen molar-refractivity contribution >= 4 is 29.1 Å². The van der Waals surface area contributed by atoms with Crippen molar-refractivity contribution in [2.45, 2.75) is 19.2 Å². The number of alkyl halides is 1. The summed E-state index contributed by atoms with van der Waals surface area (Å²) in [6.07, 6.45) is 3.30. The van der Waals surface area contributed by atoms with Crippen LogP contribution in [0.25, 0.3) is 0 Å². The molecule has 0 unspecified atom stereocenters. The van der Waals surface area contributed by atoms with Crippen LogP contribution in [0.2, 0.25) is 0 Å². The molecule has 0 aliphatic carbocycles. The van der Waals surface area contributed by atoms with Crippen LogP contribution in [0.3, 0.4) is 0 Å². The van der Waals surface area contributed by atoms with E-state index in [9.17, 15) is 0 Å². The number of ether oxygens (including phenoxy) is 1. The van der Waals surface area contributed by atoms with Crippen molar-refractivity contribution in [1.82, 2.24) is 0 Å². The topological polar surface area (TPSA) is 21.3 Å². The van der Waals surface area contributed by atoms with Gasteiger partial charge >= 0.3 is 0 Å². The number of nitrogens with one attached hydrogen (secondary N) is 1. The zero-order valence-corrected chi connectivity index (χ0v) is 12.0. The van der Waals surface area contributed by atoms with Crippen molar-refractivity contribution in [2.75, 3.05) is 30.5 Å². The van der Waals surface area contributed by atoms with Gasteiger partial charge < -0.3 is 10.1 Å². The first-order valence-electron chi connectivity index (χ1n) is 5.86. The van der Waals surface area contributed by atoms with Crippen molar-refractivity contribution < 1.29 is 4.74 Å². The van der Waals surface area contributed by atoms with Crippen LogP contribution in [0.5, 0.6) is 5.75 Å². The lowest BCUT2D eigenvalue weighted by Gasteiger charge is -2.11. The molecule has 0 saturated carbocycles. The fourth-order valence-corrected chi connectivity index (χ4v) is 2.18. The summed E-state index contributed by atoms with van der Waals surface area (Å²) in [4.78, 5) is 0. The second kappa shape index (κ2) is 8.54. The monoisotopic (exact) mass is 273 g/mol. The van der Waals surface area contributed by atoms with E-state index in [0.717, 1.165) is 23.5 Å². The summed E-state index contributed by atoms with van der Waals surface area (Å²) in [5.74, 6) is 2.55. The van der Waals surface area contributed by atoms with Crippen molar-refractivity contribution in [3.05, 3.63) is 23.8 Å². The standard InChI is InChI=1S/C13H20ClNOS/c1-3-16-13-6-5-12(9-11(13)10-14)15-7-4-8-17-2/h5-6,9,15H,3-4,7-8,10H2,1-2H3. The Balaban J connectivity index is 2.56. The molecule has 1 N–H and O–H groups in total. The third-order valence-electron chi connectivity index (χ3n) is 2.36. The van der Waals surface area contributed by atoms with Crippen LogP contribution < -0.4 is 10.1 Å². The Labute approximate surface area is 113 Å². The number of hydrogen-bond acceptors (Lipinski definition) is 3. The van der Waals surface area contributed by atoms with Crippen LogP contribution in [0.1, 0.15) is 18.9 Å². The Morgan fingerprint density at radius 3 is 2.88 bits per heavy atom. The molecule has 0 aliphatic heterocycles. The minimum absolute atomic E-state index is 0.482. The minimum Gasteiger partial charge on any atom is -0.494 e. The Kier molecular flexibility index (Phi) is 7.29. The molecule has 1 rings (SSSR count). The molecule has 0 saturated heterocycles. The molecular formula is C13H20ClNOS. The Bertz CT molecular complexity index is 333. The summed E-state index contributed by atoms with van der Waals surface area (Å²) in [6, 6.07) is 6.09. The molecule has 1 aromatic carbocycles. The average molecular weight is 274 g/mol. The highest BCUT2D eigenvalue weighted by molar-refractivity contribution is 7.98. The summed E-state index contributed by atoms with van der Waals surface area (Å²) in [7, 11) is 0. The smallest absolute Gasteiger partial charge is 0.123 e. The van der Waals surface area contributed by atoms with Gasteiger partial charge in [0, 0.05) is 17.8 Å². The van der Waals surface area contributed by atoms with Crippen molar-refractivity contribution in [2.24, 2.45) is 0 Å². The Morgan fingerprint density at radius 2 is 2.24 bits per heavy atom. The zero-order chi connectivity index (χ0) is 12.5. The van der Waals surface area contributed by atoms with Crippen LogP contribution >= 0.6 is 23.4 Å². The maximum atomic E-state index is 5.91. The van der Waals surface area contributed by atoms with Gasteiger partial charge in [-0.1, -0.05) is 0 Å². The van der Waals surface area contributed by atoms with Crippen molar-refractivity contribution in [3.8, 4) is 5.75 Å². The first-order chi connectivity index (χ1) is 8.31. The molecule has 0 aliphatic rings. The molecular weight excluding hydrogens is 254 g/mol. The Morgan fingerprint density at radius 1 is 1.41 bits per heavy atom. The van der Waals surface area contributed by atoms with E-state index in [1.165, 1.54) is 12.2 Å². The first-order valence-corrected chi connectivity index (χ1v) is 7.79. The fraction of sp³-hybridized carbons (Fsp3) is 0.538. The molecule has 0 bridgehead atoms. The largest absolute Gasteiger partial charge is 0.494 e. The fourth-order valence-electron chi connectivity index (χ4n) is 1.54. The van der Waals surface area contributed by atoms with Crippen LogP contribution in [0.15, 0.2) is 18.2 Å². The molecule has 0 fully saturated rings. The minimum atomic E-state index is 0.482. The first kappa shape index (κ1) is 14.5. The number of rotatable bonds is 8. The normalized spacial score (nSPS) is 10.3. The highest BCUT2D eigenvalue weighted by atomic mass is 35.5. The second-order valence-electron chi connectivity index (χ2n) is 3.66. The lowest BCUT2D eigenvalue weighted by atomic mass is 10.2. The number of hydrogen-bond donors (Lipinski definition) is 1. The summed E-state index contributed by atoms with van der Waals surface area (Å²) < 4.78 is 5.51. The maximum Gasteiger partial charge on any atom is 0.123 e. The molecule has 0 spiro atoms. The number of benzene rings is 1. The van der Waals surface area contributed by atoms with Crippen LogP contribution in [-0.2, 0) is 5.88 Å². The van der Waals surface area contributed by atoms with E-state index in [2.05, 4.69) is 17.6 Å². The molecule has 0 amide bonds. The second-order valence-corrected chi connectivity index (χ2v) is 4.92. The van der Waals surface area contributed by atoms with Crippen LogP contribution in [-0.4, -0.2) is 25.2 Å². The zero-order valence-electron chi connectivity index (χ0n) is 10.5. The summed E-state index contributed by atoms with van der Waals surface area (Å²) in [5, 5.41) is 3.40. The van der Waals surface area contributed by atoms with E-state index in [4.69, 9.17) is 16.3 Å². The van der Waals surface area contributed by atoms with E-state index in [1.807, 2.05) is 30.8 Å². The molecule has 17 heavy (non-hydrogen) atoms. The number of anilines is 1. The summed E-state index contributed by atoms with van der Waals surface area (Å²) in [5.41, 5.74) is 2.16. The van der Waals surface area contributed by atoms with Gasteiger partial charge in [-0.3, -0.25) is 0 Å². The van der Waals surface area contributed by atoms with Crippen molar-refractivity contribution in [1.29, 1.82) is 0 Å². The molecule has 0 aromatic heterocycles. The predicted molar refractivity (Wildman–Crippen MR) is 78.7 cm³/mol. The molecule has 0 atom stereocenters. The molecule has 0 heterocycles. The summed E-state index contributed by atoms with van der Waals surface area (Å²) >= 11 is 7.78. The third-order valence-corrected chi connectivity index (χ3v) is 3.34. The van der Waals surface area contributed by atoms with Gasteiger partial charge in [0.15, 0.2) is 0 Å². The number of thioether (sulfide) groups is 1. The number of halogens is 1. The molecule has 1 aromatic rings. The van der Waals surface area contributed by atoms with E-state index in [1.54, 1.807) is 0 Å². The van der Waals surface area contributed by atoms with Gasteiger partial charge in [0.2, 0.25) is 0 Å². The van der Waals surface area contributed by atoms with Gasteiger partial charge in [-0.15, -0.1) is 11.6 Å². The van der Waals surface area contributed by atoms with Gasteiger partial charge in [0.05, 0.1) is 12.5 Å². The molecule has 4 heteroatoms. The Hall–Kier alpha value is -0.540. The van der Waals surface area contributed by atoms with Gasteiger partial charge in [0.1, 0.15) is 5.75 Å². The van der Waals surface area contributed by atoms with Crippen LogP contribution in [0, 0.1) is 0 Å². The van der Waals surface area contributed by atoms with Gasteiger partial charge in [0.25, 0.3) is 0 Å². The van der Waals surface area contributed by atoms with E-state index >= 15 is 0 Å². The summed E-state index contributed by atoms with van der Waals surface area (Å²) in [6.45, 7) is 3.65. The molecule has 96 valence electrons. The quantitative estimate of drug-likeness (QED) is 0.572. The van der Waals surface area contributed by atoms with Gasteiger partial charge in [-0.05, 0) is 43.6 Å². The van der Waals surface area contributed by atoms with Gasteiger partial charge in [-0.25, -0.2) is 0 Å². The average Bonchev–Trinajstić information content (AvgIpc) is 2.36. The van der Waals surface area contributed by atoms with E-state index < -0.39 is 0 Å². The highest BCUT2D eigenvalue weighted by Gasteiger charge is 2.03.